The zero-order chi connectivity index (χ0) is 12.0. The molecule has 1 aromatic heterocycles. The molecular weight excluding hydrogens is 202 g/mol. The Morgan fingerprint density at radius 1 is 1.44 bits per heavy atom. The fourth-order valence-corrected chi connectivity index (χ4v) is 1.57. The van der Waals surface area contributed by atoms with Gasteiger partial charge in [-0.05, 0) is 26.8 Å². The molecule has 0 amide bonds. The van der Waals surface area contributed by atoms with Gasteiger partial charge in [-0.3, -0.25) is 0 Å². The van der Waals surface area contributed by atoms with E-state index in [1.807, 2.05) is 25.1 Å². The maximum Gasteiger partial charge on any atom is 0.215 e. The Labute approximate surface area is 97.4 Å². The van der Waals surface area contributed by atoms with Crippen LogP contribution < -0.4 is 15.4 Å². The third-order valence-electron chi connectivity index (χ3n) is 2.29. The molecule has 2 N–H and O–H groups in total. The number of hydrogen-bond acceptors (Lipinski definition) is 4. The van der Waals surface area contributed by atoms with Gasteiger partial charge in [-0.2, -0.15) is 4.98 Å². The standard InChI is InChI=1S/C12H21N3O/c1-4-16-12-7-5-6-11(14-12)15(9-8-13)10(2)3/h5-7,10H,4,8-9,13H2,1-3H3. The van der Waals surface area contributed by atoms with Crippen molar-refractivity contribution in [3.63, 3.8) is 0 Å². The van der Waals surface area contributed by atoms with E-state index in [4.69, 9.17) is 10.5 Å². The largest absolute Gasteiger partial charge is 0.478 e. The maximum absolute atomic E-state index is 5.60. The Hall–Kier alpha value is -1.29. The summed E-state index contributed by atoms with van der Waals surface area (Å²) < 4.78 is 5.39. The van der Waals surface area contributed by atoms with Crippen LogP contribution in [0.2, 0.25) is 0 Å². The number of aromatic nitrogens is 1. The van der Waals surface area contributed by atoms with Crippen LogP contribution in [0.4, 0.5) is 5.82 Å². The van der Waals surface area contributed by atoms with Crippen molar-refractivity contribution in [2.24, 2.45) is 5.73 Å². The predicted molar refractivity (Wildman–Crippen MR) is 66.9 cm³/mol. The second-order valence-corrected chi connectivity index (χ2v) is 3.84. The van der Waals surface area contributed by atoms with Crippen LogP contribution in [0.3, 0.4) is 0 Å². The van der Waals surface area contributed by atoms with Gasteiger partial charge in [0, 0.05) is 25.2 Å². The fraction of sp³-hybridized carbons (Fsp3) is 0.583. The Bertz CT molecular complexity index is 315. The van der Waals surface area contributed by atoms with Crippen molar-refractivity contribution < 1.29 is 4.74 Å². The molecule has 0 unspecified atom stereocenters. The Morgan fingerprint density at radius 3 is 2.75 bits per heavy atom. The molecule has 0 saturated heterocycles. The van der Waals surface area contributed by atoms with Crippen molar-refractivity contribution in [1.82, 2.24) is 4.98 Å². The molecule has 4 heteroatoms. The van der Waals surface area contributed by atoms with Crippen LogP contribution in [0.15, 0.2) is 18.2 Å². The van der Waals surface area contributed by atoms with Gasteiger partial charge in [0.15, 0.2) is 0 Å². The molecule has 1 aromatic rings. The number of nitrogens with zero attached hydrogens (tertiary/aromatic N) is 2. The molecule has 0 bridgehead atoms. The van der Waals surface area contributed by atoms with Gasteiger partial charge < -0.3 is 15.4 Å². The number of pyridine rings is 1. The van der Waals surface area contributed by atoms with Crippen LogP contribution in [0.5, 0.6) is 5.88 Å². The number of nitrogens with two attached hydrogens (primary N) is 1. The van der Waals surface area contributed by atoms with Crippen molar-refractivity contribution >= 4 is 5.82 Å². The normalized spacial score (nSPS) is 10.6. The smallest absolute Gasteiger partial charge is 0.215 e. The molecule has 0 aliphatic heterocycles. The van der Waals surface area contributed by atoms with Crippen LogP contribution >= 0.6 is 0 Å². The van der Waals surface area contributed by atoms with Crippen molar-refractivity contribution in [1.29, 1.82) is 0 Å². The molecule has 0 aromatic carbocycles. The zero-order valence-electron chi connectivity index (χ0n) is 10.3. The summed E-state index contributed by atoms with van der Waals surface area (Å²) in [6.45, 7) is 8.28. The van der Waals surface area contributed by atoms with Crippen molar-refractivity contribution in [2.45, 2.75) is 26.8 Å². The minimum absolute atomic E-state index is 0.382. The lowest BCUT2D eigenvalue weighted by atomic mass is 10.3. The van der Waals surface area contributed by atoms with Gasteiger partial charge in [0.1, 0.15) is 5.82 Å². The molecule has 0 aliphatic carbocycles. The minimum Gasteiger partial charge on any atom is -0.478 e. The summed E-state index contributed by atoms with van der Waals surface area (Å²) in [6, 6.07) is 6.19. The second-order valence-electron chi connectivity index (χ2n) is 3.84. The molecule has 0 aliphatic rings. The first-order valence-corrected chi connectivity index (χ1v) is 5.75. The van der Waals surface area contributed by atoms with E-state index >= 15 is 0 Å². The molecule has 90 valence electrons. The van der Waals surface area contributed by atoms with E-state index in [0.29, 0.717) is 25.1 Å². The third kappa shape index (κ3) is 3.38. The highest BCUT2D eigenvalue weighted by molar-refractivity contribution is 5.41. The number of ether oxygens (including phenoxy) is 1. The van der Waals surface area contributed by atoms with Crippen LogP contribution in [-0.4, -0.2) is 30.7 Å². The Morgan fingerprint density at radius 2 is 2.19 bits per heavy atom. The van der Waals surface area contributed by atoms with Crippen LogP contribution in [0, 0.1) is 0 Å². The highest BCUT2D eigenvalue weighted by atomic mass is 16.5. The van der Waals surface area contributed by atoms with Gasteiger partial charge >= 0.3 is 0 Å². The Kier molecular flexibility index (Phi) is 5.05. The van der Waals surface area contributed by atoms with E-state index in [1.165, 1.54) is 0 Å². The topological polar surface area (TPSA) is 51.4 Å². The molecule has 0 spiro atoms. The summed E-state index contributed by atoms with van der Waals surface area (Å²) in [4.78, 5) is 6.62. The van der Waals surface area contributed by atoms with Crippen molar-refractivity contribution in [3.8, 4) is 5.88 Å². The number of rotatable bonds is 6. The van der Waals surface area contributed by atoms with Crippen molar-refractivity contribution in [3.05, 3.63) is 18.2 Å². The highest BCUT2D eigenvalue weighted by Crippen LogP contribution is 2.17. The second kappa shape index (κ2) is 6.33. The van der Waals surface area contributed by atoms with E-state index in [-0.39, 0.29) is 0 Å². The third-order valence-corrected chi connectivity index (χ3v) is 2.29. The molecule has 0 fully saturated rings. The lowest BCUT2D eigenvalue weighted by Gasteiger charge is -2.27. The molecule has 4 nitrogen and oxygen atoms in total. The first kappa shape index (κ1) is 12.8. The van der Waals surface area contributed by atoms with E-state index in [9.17, 15) is 0 Å². The van der Waals surface area contributed by atoms with E-state index in [0.717, 1.165) is 12.4 Å². The van der Waals surface area contributed by atoms with E-state index < -0.39 is 0 Å². The fourth-order valence-electron chi connectivity index (χ4n) is 1.57. The minimum atomic E-state index is 0.382. The summed E-state index contributed by atoms with van der Waals surface area (Å²) in [5.41, 5.74) is 5.60. The average molecular weight is 223 g/mol. The van der Waals surface area contributed by atoms with Crippen LogP contribution in [0.25, 0.3) is 0 Å². The first-order valence-electron chi connectivity index (χ1n) is 5.75. The van der Waals surface area contributed by atoms with Gasteiger partial charge in [0.2, 0.25) is 5.88 Å². The summed E-state index contributed by atoms with van der Waals surface area (Å²) in [6.07, 6.45) is 0. The van der Waals surface area contributed by atoms with Gasteiger partial charge in [0.25, 0.3) is 0 Å². The van der Waals surface area contributed by atoms with Gasteiger partial charge in [-0.1, -0.05) is 6.07 Å². The van der Waals surface area contributed by atoms with E-state index in [1.54, 1.807) is 0 Å². The van der Waals surface area contributed by atoms with Gasteiger partial charge in [-0.15, -0.1) is 0 Å². The molecule has 1 rings (SSSR count). The quantitative estimate of drug-likeness (QED) is 0.796. The first-order chi connectivity index (χ1) is 7.69. The SMILES string of the molecule is CCOc1cccc(N(CCN)C(C)C)n1. The molecular formula is C12H21N3O. The highest BCUT2D eigenvalue weighted by Gasteiger charge is 2.11. The van der Waals surface area contributed by atoms with Gasteiger partial charge in [0.05, 0.1) is 6.61 Å². The van der Waals surface area contributed by atoms with Gasteiger partial charge in [-0.25, -0.2) is 0 Å². The summed E-state index contributed by atoms with van der Waals surface area (Å²) in [5, 5.41) is 0. The molecule has 0 atom stereocenters. The summed E-state index contributed by atoms with van der Waals surface area (Å²) >= 11 is 0. The zero-order valence-corrected chi connectivity index (χ0v) is 10.3. The number of hydrogen-bond donors (Lipinski definition) is 1. The van der Waals surface area contributed by atoms with E-state index in [2.05, 4.69) is 23.7 Å². The lowest BCUT2D eigenvalue weighted by molar-refractivity contribution is 0.327. The predicted octanol–water partition coefficient (Wildman–Crippen LogP) is 1.65. The molecule has 0 saturated carbocycles. The average Bonchev–Trinajstić information content (AvgIpc) is 2.26. The molecule has 0 radical (unpaired) electrons. The lowest BCUT2D eigenvalue weighted by Crippen LogP contribution is -2.35. The maximum atomic E-state index is 5.60. The monoisotopic (exact) mass is 223 g/mol. The van der Waals surface area contributed by atoms with Crippen LogP contribution in [0.1, 0.15) is 20.8 Å². The molecule has 16 heavy (non-hydrogen) atoms. The Balaban J connectivity index is 2.86. The summed E-state index contributed by atoms with van der Waals surface area (Å²) in [7, 11) is 0. The van der Waals surface area contributed by atoms with Crippen LogP contribution in [-0.2, 0) is 0 Å². The van der Waals surface area contributed by atoms with Crippen molar-refractivity contribution in [2.75, 3.05) is 24.6 Å². The molecule has 1 heterocycles. The number of anilines is 1. The summed E-state index contributed by atoms with van der Waals surface area (Å²) in [5.74, 6) is 1.59.